The first-order valence-corrected chi connectivity index (χ1v) is 10.5. The van der Waals surface area contributed by atoms with Gasteiger partial charge in [-0.3, -0.25) is 0 Å². The number of aromatic nitrogens is 3. The zero-order valence-electron chi connectivity index (χ0n) is 16.4. The third-order valence-corrected chi connectivity index (χ3v) is 5.98. The van der Waals surface area contributed by atoms with Crippen molar-refractivity contribution in [2.45, 2.75) is 39.0 Å². The highest BCUT2D eigenvalue weighted by atomic mass is 32.2. The predicted molar refractivity (Wildman–Crippen MR) is 105 cm³/mol. The molecule has 0 unspecified atom stereocenters. The molecule has 0 radical (unpaired) electrons. The Morgan fingerprint density at radius 1 is 1.26 bits per heavy atom. The van der Waals surface area contributed by atoms with Crippen molar-refractivity contribution < 1.29 is 17.9 Å². The molecule has 0 aromatic carbocycles. The van der Waals surface area contributed by atoms with Crippen LogP contribution in [-0.2, 0) is 32.5 Å². The Morgan fingerprint density at radius 2 is 2.00 bits per heavy atom. The number of nitrogens with zero attached hydrogens (tertiary/aromatic N) is 3. The zero-order chi connectivity index (χ0) is 20.0. The number of sulfonamides is 1. The Hall–Kier alpha value is -1.75. The maximum absolute atomic E-state index is 11.7. The van der Waals surface area contributed by atoms with Crippen LogP contribution in [0.4, 0.5) is 5.82 Å². The van der Waals surface area contributed by atoms with Gasteiger partial charge in [0.1, 0.15) is 11.3 Å². The van der Waals surface area contributed by atoms with E-state index in [-0.39, 0.29) is 6.54 Å². The second-order valence-electron chi connectivity index (χ2n) is 6.54. The minimum atomic E-state index is -3.26. The molecular weight excluding hydrogens is 370 g/mol. The van der Waals surface area contributed by atoms with Crippen LogP contribution in [0.1, 0.15) is 25.4 Å². The molecule has 0 aliphatic carbocycles. The van der Waals surface area contributed by atoms with Crippen LogP contribution in [0.2, 0.25) is 0 Å². The Balaban J connectivity index is 2.00. The van der Waals surface area contributed by atoms with Crippen LogP contribution in [0.3, 0.4) is 0 Å². The van der Waals surface area contributed by atoms with Gasteiger partial charge in [-0.1, -0.05) is 0 Å². The molecule has 0 spiro atoms. The first-order chi connectivity index (χ1) is 12.8. The van der Waals surface area contributed by atoms with E-state index < -0.39 is 15.3 Å². The first-order valence-electron chi connectivity index (χ1n) is 8.93. The van der Waals surface area contributed by atoms with Gasteiger partial charge in [0, 0.05) is 32.3 Å². The van der Waals surface area contributed by atoms with Crippen LogP contribution in [-0.4, -0.2) is 61.7 Å². The summed E-state index contributed by atoms with van der Waals surface area (Å²) in [4.78, 5) is 8.87. The molecule has 0 aliphatic rings. The molecule has 3 N–H and O–H groups in total. The first kappa shape index (κ1) is 21.5. The van der Waals surface area contributed by atoms with Crippen LogP contribution in [0.25, 0.3) is 11.0 Å². The van der Waals surface area contributed by atoms with Crippen LogP contribution >= 0.6 is 0 Å². The molecule has 152 valence electrons. The third-order valence-electron chi connectivity index (χ3n) is 4.13. The second-order valence-corrected chi connectivity index (χ2v) is 8.86. The average Bonchev–Trinajstić information content (AvgIpc) is 2.94. The van der Waals surface area contributed by atoms with Crippen LogP contribution in [0, 0.1) is 6.92 Å². The molecule has 0 atom stereocenters. The summed E-state index contributed by atoms with van der Waals surface area (Å²) in [6, 6.07) is 1.95. The number of hydrogen-bond acceptors (Lipinski definition) is 7. The Bertz CT molecular complexity index is 864. The van der Waals surface area contributed by atoms with Crippen LogP contribution in [0.5, 0.6) is 0 Å². The average molecular weight is 400 g/mol. The van der Waals surface area contributed by atoms with E-state index in [1.54, 1.807) is 21.0 Å². The molecule has 9 nitrogen and oxygen atoms in total. The standard InChI is InChI=1S/C17H29N5O4S/c1-12(2)27(23,24)19-6-9-26-10-7-22-14-11-13(3)20-17(18)16(14)21-15(22)5-8-25-4/h11-12,19H,5-10H2,1-4H3,(H2,18,20). The van der Waals surface area contributed by atoms with E-state index in [1.807, 2.05) is 13.0 Å². The molecule has 0 aliphatic heterocycles. The molecule has 0 saturated heterocycles. The fourth-order valence-electron chi connectivity index (χ4n) is 2.64. The lowest BCUT2D eigenvalue weighted by Crippen LogP contribution is -2.33. The summed E-state index contributed by atoms with van der Waals surface area (Å²) in [7, 11) is -1.62. The van der Waals surface area contributed by atoms with Gasteiger partial charge in [-0.05, 0) is 26.8 Å². The molecule has 2 rings (SSSR count). The molecule has 27 heavy (non-hydrogen) atoms. The molecule has 2 heterocycles. The lowest BCUT2D eigenvalue weighted by Gasteiger charge is -2.12. The highest BCUT2D eigenvalue weighted by Gasteiger charge is 2.15. The van der Waals surface area contributed by atoms with Gasteiger partial charge in [-0.25, -0.2) is 23.1 Å². The van der Waals surface area contributed by atoms with Gasteiger partial charge in [0.25, 0.3) is 0 Å². The summed E-state index contributed by atoms with van der Waals surface area (Å²) in [5.74, 6) is 1.27. The van der Waals surface area contributed by atoms with Gasteiger partial charge in [0.05, 0.1) is 30.6 Å². The minimum absolute atomic E-state index is 0.248. The molecule has 10 heteroatoms. The van der Waals surface area contributed by atoms with E-state index in [0.717, 1.165) is 17.0 Å². The molecule has 2 aromatic heterocycles. The van der Waals surface area contributed by atoms with Crippen molar-refractivity contribution in [3.63, 3.8) is 0 Å². The van der Waals surface area contributed by atoms with Gasteiger partial charge in [0.15, 0.2) is 5.82 Å². The number of fused-ring (bicyclic) bond motifs is 1. The summed E-state index contributed by atoms with van der Waals surface area (Å²) >= 11 is 0. The van der Waals surface area contributed by atoms with Gasteiger partial charge in [0.2, 0.25) is 10.0 Å². The monoisotopic (exact) mass is 399 g/mol. The number of methoxy groups -OCH3 is 1. The predicted octanol–water partition coefficient (Wildman–Crippen LogP) is 0.855. The van der Waals surface area contributed by atoms with E-state index in [2.05, 4.69) is 19.3 Å². The Labute approximate surface area is 160 Å². The Morgan fingerprint density at radius 3 is 2.67 bits per heavy atom. The van der Waals surface area contributed by atoms with Crippen LogP contribution < -0.4 is 10.5 Å². The van der Waals surface area contributed by atoms with E-state index in [1.165, 1.54) is 0 Å². The lowest BCUT2D eigenvalue weighted by atomic mass is 10.3. The van der Waals surface area contributed by atoms with Crippen molar-refractivity contribution >= 4 is 26.9 Å². The fraction of sp³-hybridized carbons (Fsp3) is 0.647. The van der Waals surface area contributed by atoms with E-state index >= 15 is 0 Å². The van der Waals surface area contributed by atoms with E-state index in [9.17, 15) is 8.42 Å². The fourth-order valence-corrected chi connectivity index (χ4v) is 3.34. The smallest absolute Gasteiger partial charge is 0.214 e. The number of anilines is 1. The number of nitrogens with one attached hydrogen (secondary N) is 1. The van der Waals surface area contributed by atoms with Crippen molar-refractivity contribution in [1.29, 1.82) is 0 Å². The number of aryl methyl sites for hydroxylation is 1. The van der Waals surface area contributed by atoms with Crippen molar-refractivity contribution in [3.8, 4) is 0 Å². The van der Waals surface area contributed by atoms with Gasteiger partial charge in [-0.15, -0.1) is 0 Å². The maximum Gasteiger partial charge on any atom is 0.214 e. The van der Waals surface area contributed by atoms with Crippen LogP contribution in [0.15, 0.2) is 6.07 Å². The molecule has 0 fully saturated rings. The van der Waals surface area contributed by atoms with Gasteiger partial charge < -0.3 is 19.8 Å². The van der Waals surface area contributed by atoms with E-state index in [4.69, 9.17) is 15.2 Å². The zero-order valence-corrected chi connectivity index (χ0v) is 17.2. The summed E-state index contributed by atoms with van der Waals surface area (Å²) < 4.78 is 38.7. The number of pyridine rings is 1. The molecular formula is C17H29N5O4S. The normalized spacial score (nSPS) is 12.3. The minimum Gasteiger partial charge on any atom is -0.384 e. The Kier molecular flexibility index (Phi) is 7.54. The number of rotatable bonds is 11. The number of nitrogens with two attached hydrogens (primary N) is 1. The summed E-state index contributed by atoms with van der Waals surface area (Å²) in [6.07, 6.45) is 0.651. The second kappa shape index (κ2) is 9.45. The SMILES string of the molecule is COCCc1nc2c(N)nc(C)cc2n1CCOCCNS(=O)(=O)C(C)C. The quantitative estimate of drug-likeness (QED) is 0.537. The summed E-state index contributed by atoms with van der Waals surface area (Å²) in [6.45, 7) is 7.26. The number of nitrogen functional groups attached to an aromatic ring is 1. The number of hydrogen-bond donors (Lipinski definition) is 2. The number of imidazole rings is 1. The molecule has 0 saturated carbocycles. The third kappa shape index (κ3) is 5.61. The largest absolute Gasteiger partial charge is 0.384 e. The molecule has 2 aromatic rings. The van der Waals surface area contributed by atoms with Crippen molar-refractivity contribution in [3.05, 3.63) is 17.6 Å². The lowest BCUT2D eigenvalue weighted by molar-refractivity contribution is 0.130. The van der Waals surface area contributed by atoms with Gasteiger partial charge in [-0.2, -0.15) is 0 Å². The highest BCUT2D eigenvalue weighted by molar-refractivity contribution is 7.90. The molecule has 0 amide bonds. The maximum atomic E-state index is 11.7. The van der Waals surface area contributed by atoms with E-state index in [0.29, 0.717) is 44.1 Å². The van der Waals surface area contributed by atoms with Crippen molar-refractivity contribution in [2.75, 3.05) is 39.2 Å². The number of ether oxygens (including phenoxy) is 2. The topological polar surface area (TPSA) is 121 Å². The summed E-state index contributed by atoms with van der Waals surface area (Å²) in [5.41, 5.74) is 8.42. The summed E-state index contributed by atoms with van der Waals surface area (Å²) in [5, 5.41) is -0.458. The van der Waals surface area contributed by atoms with Crippen molar-refractivity contribution in [2.24, 2.45) is 0 Å². The van der Waals surface area contributed by atoms with Crippen molar-refractivity contribution in [1.82, 2.24) is 19.3 Å². The van der Waals surface area contributed by atoms with Gasteiger partial charge >= 0.3 is 0 Å². The molecule has 0 bridgehead atoms. The highest BCUT2D eigenvalue weighted by Crippen LogP contribution is 2.22.